The first-order chi connectivity index (χ1) is 14.2. The molecule has 3 N–H and O–H groups in total. The zero-order valence-electron chi connectivity index (χ0n) is 16.1. The molecule has 1 unspecified atom stereocenters. The molecule has 0 radical (unpaired) electrons. The molecule has 0 saturated heterocycles. The predicted octanol–water partition coefficient (Wildman–Crippen LogP) is 4.93. The third-order valence-electron chi connectivity index (χ3n) is 5.31. The molecule has 5 nitrogen and oxygen atoms in total. The van der Waals surface area contributed by atoms with Crippen LogP contribution in [-0.4, -0.2) is 10.2 Å². The number of nitrogens with zero attached hydrogens (tertiary/aromatic N) is 2. The molecular formula is C22H17F3N4O. The Labute approximate surface area is 170 Å². The molecule has 0 spiro atoms. The summed E-state index contributed by atoms with van der Waals surface area (Å²) in [5.41, 5.74) is 9.95. The normalized spacial score (nSPS) is 16.1. The molecule has 0 fully saturated rings. The second-order valence-corrected chi connectivity index (χ2v) is 7.16. The van der Waals surface area contributed by atoms with Gasteiger partial charge in [0.2, 0.25) is 11.8 Å². The van der Waals surface area contributed by atoms with Gasteiger partial charge in [-0.05, 0) is 48.7 Å². The molecule has 0 amide bonds. The molecule has 4 rings (SSSR count). The largest absolute Gasteiger partial charge is 0.420 e. The van der Waals surface area contributed by atoms with Gasteiger partial charge in [-0.1, -0.05) is 24.3 Å². The SMILES string of the molecule is Cc1ccc(-c2[nH]nc3c2C(c2ccc(C(F)(F)F)cc2)C(C#N)=C(N)O3)cc1C. The fraction of sp³-hybridized carbons (Fsp3) is 0.182. The molecule has 0 saturated carbocycles. The van der Waals surface area contributed by atoms with Crippen LogP contribution in [0, 0.1) is 25.2 Å². The van der Waals surface area contributed by atoms with Gasteiger partial charge in [-0.25, -0.2) is 0 Å². The molecule has 8 heteroatoms. The van der Waals surface area contributed by atoms with E-state index in [1.165, 1.54) is 12.1 Å². The zero-order valence-corrected chi connectivity index (χ0v) is 16.1. The van der Waals surface area contributed by atoms with Crippen LogP contribution in [0.3, 0.4) is 0 Å². The van der Waals surface area contributed by atoms with Crippen molar-refractivity contribution in [2.45, 2.75) is 25.9 Å². The van der Waals surface area contributed by atoms with Crippen molar-refractivity contribution in [3.05, 3.63) is 81.7 Å². The topological polar surface area (TPSA) is 87.7 Å². The third kappa shape index (κ3) is 3.18. The number of nitrogens with two attached hydrogens (primary N) is 1. The summed E-state index contributed by atoms with van der Waals surface area (Å²) in [4.78, 5) is 0. The van der Waals surface area contributed by atoms with E-state index in [-0.39, 0.29) is 17.3 Å². The van der Waals surface area contributed by atoms with Crippen molar-refractivity contribution in [3.63, 3.8) is 0 Å². The van der Waals surface area contributed by atoms with Crippen LogP contribution >= 0.6 is 0 Å². The van der Waals surface area contributed by atoms with Crippen LogP contribution in [0.25, 0.3) is 11.3 Å². The first-order valence-electron chi connectivity index (χ1n) is 9.11. The summed E-state index contributed by atoms with van der Waals surface area (Å²) in [6, 6.07) is 12.6. The molecule has 3 aromatic rings. The van der Waals surface area contributed by atoms with Crippen molar-refractivity contribution in [2.24, 2.45) is 5.73 Å². The maximum Gasteiger partial charge on any atom is 0.416 e. The number of aromatic amines is 1. The molecule has 2 heterocycles. The molecule has 1 aliphatic heterocycles. The Balaban J connectivity index is 1.90. The number of ether oxygens (including phenoxy) is 1. The Hall–Kier alpha value is -3.73. The van der Waals surface area contributed by atoms with Crippen molar-refractivity contribution < 1.29 is 17.9 Å². The molecule has 1 aliphatic rings. The van der Waals surface area contributed by atoms with Gasteiger partial charge in [-0.3, -0.25) is 5.10 Å². The Kier molecular flexibility index (Phi) is 4.54. The van der Waals surface area contributed by atoms with E-state index >= 15 is 0 Å². The van der Waals surface area contributed by atoms with Gasteiger partial charge < -0.3 is 10.5 Å². The Morgan fingerprint density at radius 1 is 1.10 bits per heavy atom. The van der Waals surface area contributed by atoms with Crippen LogP contribution in [-0.2, 0) is 6.18 Å². The summed E-state index contributed by atoms with van der Waals surface area (Å²) in [5, 5.41) is 16.8. The van der Waals surface area contributed by atoms with Crippen LogP contribution in [0.4, 0.5) is 13.2 Å². The van der Waals surface area contributed by atoms with Gasteiger partial charge in [0.05, 0.1) is 22.7 Å². The number of hydrogen-bond donors (Lipinski definition) is 2. The molecule has 30 heavy (non-hydrogen) atoms. The lowest BCUT2D eigenvalue weighted by atomic mass is 9.82. The minimum absolute atomic E-state index is 0.118. The number of benzene rings is 2. The molecule has 0 aliphatic carbocycles. The summed E-state index contributed by atoms with van der Waals surface area (Å²) in [5.74, 6) is -0.631. The van der Waals surface area contributed by atoms with Crippen LogP contribution in [0.15, 0.2) is 53.9 Å². The van der Waals surface area contributed by atoms with Crippen molar-refractivity contribution in [3.8, 4) is 23.2 Å². The van der Waals surface area contributed by atoms with Gasteiger partial charge in [-0.2, -0.15) is 18.4 Å². The summed E-state index contributed by atoms with van der Waals surface area (Å²) in [6.45, 7) is 3.97. The zero-order chi connectivity index (χ0) is 21.6. The number of H-pyrrole nitrogens is 1. The van der Waals surface area contributed by atoms with E-state index in [2.05, 4.69) is 10.2 Å². The van der Waals surface area contributed by atoms with E-state index in [0.717, 1.165) is 28.8 Å². The number of rotatable bonds is 2. The second-order valence-electron chi connectivity index (χ2n) is 7.16. The number of fused-ring (bicyclic) bond motifs is 1. The summed E-state index contributed by atoms with van der Waals surface area (Å²) in [7, 11) is 0. The van der Waals surface area contributed by atoms with E-state index in [1.807, 2.05) is 38.1 Å². The van der Waals surface area contributed by atoms with Gasteiger partial charge in [-0.15, -0.1) is 5.10 Å². The lowest BCUT2D eigenvalue weighted by Crippen LogP contribution is -2.21. The maximum atomic E-state index is 13.0. The number of halogens is 3. The van der Waals surface area contributed by atoms with Crippen molar-refractivity contribution in [1.29, 1.82) is 5.26 Å². The minimum Gasteiger partial charge on any atom is -0.420 e. The van der Waals surface area contributed by atoms with E-state index in [4.69, 9.17) is 10.5 Å². The fourth-order valence-corrected chi connectivity index (χ4v) is 3.56. The Bertz CT molecular complexity index is 1200. The number of aromatic nitrogens is 2. The van der Waals surface area contributed by atoms with Gasteiger partial charge in [0.25, 0.3) is 0 Å². The number of hydrogen-bond acceptors (Lipinski definition) is 4. The molecular weight excluding hydrogens is 393 g/mol. The quantitative estimate of drug-likeness (QED) is 0.627. The Morgan fingerprint density at radius 3 is 2.40 bits per heavy atom. The number of alkyl halides is 3. The highest BCUT2D eigenvalue weighted by Crippen LogP contribution is 2.46. The summed E-state index contributed by atoms with van der Waals surface area (Å²) < 4.78 is 44.5. The smallest absolute Gasteiger partial charge is 0.416 e. The molecule has 1 aromatic heterocycles. The fourth-order valence-electron chi connectivity index (χ4n) is 3.56. The minimum atomic E-state index is -4.45. The third-order valence-corrected chi connectivity index (χ3v) is 5.31. The highest BCUT2D eigenvalue weighted by atomic mass is 19.4. The summed E-state index contributed by atoms with van der Waals surface area (Å²) >= 11 is 0. The van der Waals surface area contributed by atoms with E-state index < -0.39 is 17.7 Å². The first kappa shape index (κ1) is 19.6. The first-order valence-corrected chi connectivity index (χ1v) is 9.11. The van der Waals surface area contributed by atoms with Crippen molar-refractivity contribution >= 4 is 0 Å². The predicted molar refractivity (Wildman–Crippen MR) is 104 cm³/mol. The number of aryl methyl sites for hydroxylation is 2. The summed E-state index contributed by atoms with van der Waals surface area (Å²) in [6.07, 6.45) is -4.45. The van der Waals surface area contributed by atoms with Crippen molar-refractivity contribution in [2.75, 3.05) is 0 Å². The standard InChI is InChI=1S/C22H17F3N4O/c1-11-3-4-14(9-12(11)2)19-18-17(13-5-7-15(8-6-13)22(23,24)25)16(10-26)20(27)30-21(18)29-28-19/h3-9,17H,27H2,1-2H3,(H,28,29). The van der Waals surface area contributed by atoms with Gasteiger partial charge in [0.15, 0.2) is 0 Å². The number of nitriles is 1. The second kappa shape index (κ2) is 6.95. The van der Waals surface area contributed by atoms with Gasteiger partial charge in [0, 0.05) is 5.56 Å². The average molecular weight is 410 g/mol. The number of nitrogens with one attached hydrogen (secondary N) is 1. The highest BCUT2D eigenvalue weighted by Gasteiger charge is 2.36. The van der Waals surface area contributed by atoms with Crippen LogP contribution in [0.1, 0.15) is 33.7 Å². The van der Waals surface area contributed by atoms with E-state index in [1.54, 1.807) is 0 Å². The lowest BCUT2D eigenvalue weighted by molar-refractivity contribution is -0.137. The van der Waals surface area contributed by atoms with Gasteiger partial charge in [0.1, 0.15) is 11.6 Å². The monoisotopic (exact) mass is 410 g/mol. The van der Waals surface area contributed by atoms with E-state index in [9.17, 15) is 18.4 Å². The van der Waals surface area contributed by atoms with Crippen LogP contribution in [0.5, 0.6) is 5.88 Å². The lowest BCUT2D eigenvalue weighted by Gasteiger charge is -2.24. The van der Waals surface area contributed by atoms with Gasteiger partial charge >= 0.3 is 6.18 Å². The molecule has 152 valence electrons. The average Bonchev–Trinajstić information content (AvgIpc) is 3.11. The van der Waals surface area contributed by atoms with E-state index in [0.29, 0.717) is 16.8 Å². The van der Waals surface area contributed by atoms with Crippen molar-refractivity contribution in [1.82, 2.24) is 10.2 Å². The molecule has 1 atom stereocenters. The molecule has 2 aromatic carbocycles. The van der Waals surface area contributed by atoms with Crippen LogP contribution in [0.2, 0.25) is 0 Å². The highest BCUT2D eigenvalue weighted by molar-refractivity contribution is 5.71. The maximum absolute atomic E-state index is 13.0. The Morgan fingerprint density at radius 2 is 1.80 bits per heavy atom. The number of allylic oxidation sites excluding steroid dienone is 1. The van der Waals surface area contributed by atoms with Crippen LogP contribution < -0.4 is 10.5 Å². The molecule has 0 bridgehead atoms.